The molecule has 0 unspecified atom stereocenters. The molecule has 1 atom stereocenters. The third kappa shape index (κ3) is 5.03. The number of fused-ring (bicyclic) bond motifs is 1. The van der Waals surface area contributed by atoms with Crippen LogP contribution in [0.1, 0.15) is 18.5 Å². The van der Waals surface area contributed by atoms with Crippen molar-refractivity contribution >= 4 is 40.8 Å². The van der Waals surface area contributed by atoms with Crippen molar-refractivity contribution in [2.24, 2.45) is 0 Å². The van der Waals surface area contributed by atoms with Crippen molar-refractivity contribution in [3.05, 3.63) is 52.0 Å². The van der Waals surface area contributed by atoms with Crippen molar-refractivity contribution in [1.82, 2.24) is 10.6 Å². The molecule has 3 N–H and O–H groups in total. The Bertz CT molecular complexity index is 876. The highest BCUT2D eigenvalue weighted by Crippen LogP contribution is 2.34. The molecule has 7 nitrogen and oxygen atoms in total. The number of hydrogen-bond donors (Lipinski definition) is 3. The first-order valence-electron chi connectivity index (χ1n) is 8.11. The van der Waals surface area contributed by atoms with Gasteiger partial charge in [-0.2, -0.15) is 0 Å². The highest BCUT2D eigenvalue weighted by molar-refractivity contribution is 6.42. The summed E-state index contributed by atoms with van der Waals surface area (Å²) in [6, 6.07) is 9.41. The Kier molecular flexibility index (Phi) is 6.05. The number of ether oxygens (including phenoxy) is 2. The van der Waals surface area contributed by atoms with Crippen LogP contribution in [0.5, 0.6) is 11.5 Å². The largest absolute Gasteiger partial charge is 0.454 e. The molecule has 142 valence electrons. The van der Waals surface area contributed by atoms with E-state index in [1.165, 1.54) is 0 Å². The van der Waals surface area contributed by atoms with Gasteiger partial charge in [-0.3, -0.25) is 10.1 Å². The quantitative estimate of drug-likeness (QED) is 0.699. The smallest absolute Gasteiger partial charge is 0.325 e. The molecule has 0 aliphatic carbocycles. The van der Waals surface area contributed by atoms with Gasteiger partial charge in [0.1, 0.15) is 0 Å². The summed E-state index contributed by atoms with van der Waals surface area (Å²) in [5, 5.41) is 8.74. The minimum absolute atomic E-state index is 0.0457. The van der Waals surface area contributed by atoms with Crippen LogP contribution in [0.2, 0.25) is 10.0 Å². The number of rotatable bonds is 5. The number of imide groups is 1. The molecule has 0 aromatic heterocycles. The third-order valence-electron chi connectivity index (χ3n) is 3.90. The second-order valence-corrected chi connectivity index (χ2v) is 6.66. The predicted molar refractivity (Wildman–Crippen MR) is 103 cm³/mol. The average Bonchev–Trinajstić information content (AvgIpc) is 3.09. The second-order valence-electron chi connectivity index (χ2n) is 5.85. The number of carbonyl (C=O) groups excluding carboxylic acids is 2. The maximum Gasteiger partial charge on any atom is 0.325 e. The molecule has 0 fully saturated rings. The van der Waals surface area contributed by atoms with Crippen LogP contribution in [0.4, 0.5) is 10.5 Å². The van der Waals surface area contributed by atoms with Gasteiger partial charge in [0.15, 0.2) is 11.5 Å². The molecule has 0 spiro atoms. The van der Waals surface area contributed by atoms with Gasteiger partial charge in [0, 0.05) is 17.8 Å². The summed E-state index contributed by atoms with van der Waals surface area (Å²) < 4.78 is 10.4. The number of nitrogens with one attached hydrogen (secondary N) is 3. The van der Waals surface area contributed by atoms with E-state index in [1.807, 2.05) is 13.0 Å². The van der Waals surface area contributed by atoms with Crippen LogP contribution < -0.4 is 25.4 Å². The molecule has 1 aliphatic heterocycles. The Morgan fingerprint density at radius 1 is 1.07 bits per heavy atom. The molecule has 0 saturated carbocycles. The lowest BCUT2D eigenvalue weighted by Gasteiger charge is -2.15. The Morgan fingerprint density at radius 2 is 1.85 bits per heavy atom. The molecule has 1 heterocycles. The fourth-order valence-corrected chi connectivity index (χ4v) is 2.76. The number of amides is 3. The maximum atomic E-state index is 12.0. The van der Waals surface area contributed by atoms with E-state index in [4.69, 9.17) is 32.7 Å². The van der Waals surface area contributed by atoms with E-state index >= 15 is 0 Å². The fourth-order valence-electron chi connectivity index (χ4n) is 2.45. The molecule has 27 heavy (non-hydrogen) atoms. The predicted octanol–water partition coefficient (Wildman–Crippen LogP) is 3.72. The van der Waals surface area contributed by atoms with Gasteiger partial charge >= 0.3 is 6.03 Å². The molecular formula is C18H17Cl2N3O4. The SMILES string of the molecule is C[C@H](NCC(=O)NC(=O)Nc1ccc2c(c1)OCO2)c1ccc(Cl)c(Cl)c1. The standard InChI is InChI=1S/C18H17Cl2N3O4/c1-10(11-2-4-13(19)14(20)6-11)21-8-17(24)23-18(25)22-12-3-5-15-16(7-12)27-9-26-15/h2-7,10,21H,8-9H2,1H3,(H2,22,23,24,25)/t10-/m0/s1. The van der Waals surface area contributed by atoms with Crippen LogP contribution in [-0.2, 0) is 4.79 Å². The first-order chi connectivity index (χ1) is 12.9. The van der Waals surface area contributed by atoms with E-state index in [1.54, 1.807) is 30.3 Å². The average molecular weight is 410 g/mol. The van der Waals surface area contributed by atoms with Crippen molar-refractivity contribution in [3.63, 3.8) is 0 Å². The van der Waals surface area contributed by atoms with Gasteiger partial charge in [0.25, 0.3) is 0 Å². The zero-order valence-electron chi connectivity index (χ0n) is 14.3. The van der Waals surface area contributed by atoms with Crippen LogP contribution >= 0.6 is 23.2 Å². The first-order valence-corrected chi connectivity index (χ1v) is 8.87. The second kappa shape index (κ2) is 8.47. The highest BCUT2D eigenvalue weighted by Gasteiger charge is 2.15. The Morgan fingerprint density at radius 3 is 2.63 bits per heavy atom. The van der Waals surface area contributed by atoms with Crippen LogP contribution in [0, 0.1) is 0 Å². The van der Waals surface area contributed by atoms with E-state index in [0.29, 0.717) is 27.2 Å². The molecule has 0 bridgehead atoms. The molecule has 9 heteroatoms. The van der Waals surface area contributed by atoms with Gasteiger partial charge < -0.3 is 20.1 Å². The minimum Gasteiger partial charge on any atom is -0.454 e. The van der Waals surface area contributed by atoms with Crippen molar-refractivity contribution in [2.75, 3.05) is 18.7 Å². The molecule has 0 saturated heterocycles. The number of urea groups is 1. The molecule has 1 aliphatic rings. The van der Waals surface area contributed by atoms with E-state index in [0.717, 1.165) is 5.56 Å². The third-order valence-corrected chi connectivity index (χ3v) is 4.63. The monoisotopic (exact) mass is 409 g/mol. The van der Waals surface area contributed by atoms with E-state index < -0.39 is 11.9 Å². The zero-order valence-corrected chi connectivity index (χ0v) is 15.9. The van der Waals surface area contributed by atoms with E-state index in [-0.39, 0.29) is 19.4 Å². The van der Waals surface area contributed by atoms with E-state index in [2.05, 4.69) is 16.0 Å². The Labute approximate surface area is 165 Å². The molecular weight excluding hydrogens is 393 g/mol. The molecule has 3 rings (SSSR count). The normalized spacial score (nSPS) is 13.1. The summed E-state index contributed by atoms with van der Waals surface area (Å²) in [7, 11) is 0. The van der Waals surface area contributed by atoms with E-state index in [9.17, 15) is 9.59 Å². The zero-order chi connectivity index (χ0) is 19.4. The maximum absolute atomic E-state index is 12.0. The number of anilines is 1. The van der Waals surface area contributed by atoms with Gasteiger partial charge in [0.2, 0.25) is 12.7 Å². The van der Waals surface area contributed by atoms with Crippen LogP contribution in [0.3, 0.4) is 0 Å². The summed E-state index contributed by atoms with van der Waals surface area (Å²) in [4.78, 5) is 23.9. The van der Waals surface area contributed by atoms with Crippen molar-refractivity contribution < 1.29 is 19.1 Å². The van der Waals surface area contributed by atoms with Gasteiger partial charge in [-0.25, -0.2) is 4.79 Å². The number of benzene rings is 2. The summed E-state index contributed by atoms with van der Waals surface area (Å²) in [5.74, 6) is 0.675. The summed E-state index contributed by atoms with van der Waals surface area (Å²) >= 11 is 11.9. The van der Waals surface area contributed by atoms with Crippen LogP contribution in [0.25, 0.3) is 0 Å². The summed E-state index contributed by atoms with van der Waals surface area (Å²) in [6.07, 6.45) is 0. The molecule has 3 amide bonds. The molecule has 2 aromatic rings. The van der Waals surface area contributed by atoms with Gasteiger partial charge in [-0.1, -0.05) is 29.3 Å². The summed E-state index contributed by atoms with van der Waals surface area (Å²) in [6.45, 7) is 1.97. The van der Waals surface area contributed by atoms with Gasteiger partial charge in [-0.15, -0.1) is 0 Å². The minimum atomic E-state index is -0.636. The Balaban J connectivity index is 1.47. The van der Waals surface area contributed by atoms with Gasteiger partial charge in [0.05, 0.1) is 16.6 Å². The van der Waals surface area contributed by atoms with Crippen molar-refractivity contribution in [1.29, 1.82) is 0 Å². The Hall–Kier alpha value is -2.48. The lowest BCUT2D eigenvalue weighted by molar-refractivity contribution is -0.119. The molecule has 0 radical (unpaired) electrons. The highest BCUT2D eigenvalue weighted by atomic mass is 35.5. The lowest BCUT2D eigenvalue weighted by atomic mass is 10.1. The number of hydrogen-bond acceptors (Lipinski definition) is 5. The number of carbonyl (C=O) groups is 2. The number of halogens is 2. The van der Waals surface area contributed by atoms with Crippen molar-refractivity contribution in [3.8, 4) is 11.5 Å². The van der Waals surface area contributed by atoms with Crippen molar-refractivity contribution in [2.45, 2.75) is 13.0 Å². The summed E-state index contributed by atoms with van der Waals surface area (Å²) in [5.41, 5.74) is 1.36. The fraction of sp³-hybridized carbons (Fsp3) is 0.222. The van der Waals surface area contributed by atoms with Gasteiger partial charge in [-0.05, 0) is 36.8 Å². The van der Waals surface area contributed by atoms with Crippen LogP contribution in [-0.4, -0.2) is 25.3 Å². The first kappa shape index (κ1) is 19.3. The molecule has 2 aromatic carbocycles. The lowest BCUT2D eigenvalue weighted by Crippen LogP contribution is -2.40. The topological polar surface area (TPSA) is 88.7 Å². The van der Waals surface area contributed by atoms with Crippen LogP contribution in [0.15, 0.2) is 36.4 Å².